The van der Waals surface area contributed by atoms with Crippen molar-refractivity contribution in [3.05, 3.63) is 0 Å². The van der Waals surface area contributed by atoms with Gasteiger partial charge in [0, 0.05) is 6.04 Å². The molecule has 2 rings (SSSR count). The number of carbonyl (C=O) groups is 1. The van der Waals surface area contributed by atoms with Crippen LogP contribution in [0.4, 0.5) is 0 Å². The molecule has 1 saturated heterocycles. The van der Waals surface area contributed by atoms with Crippen molar-refractivity contribution in [1.82, 2.24) is 10.2 Å². The van der Waals surface area contributed by atoms with E-state index in [1.165, 1.54) is 25.7 Å². The first kappa shape index (κ1) is 12.9. The Morgan fingerprint density at radius 3 is 2.82 bits per heavy atom. The zero-order valence-electron chi connectivity index (χ0n) is 11.5. The van der Waals surface area contributed by atoms with Crippen molar-refractivity contribution >= 4 is 5.91 Å². The molecule has 1 amide bonds. The second kappa shape index (κ2) is 4.97. The number of nitrogens with zero attached hydrogens (tertiary/aromatic N) is 1. The summed E-state index contributed by atoms with van der Waals surface area (Å²) in [4.78, 5) is 14.4. The second-order valence-corrected chi connectivity index (χ2v) is 6.43. The predicted molar refractivity (Wildman–Crippen MR) is 69.6 cm³/mol. The van der Waals surface area contributed by atoms with E-state index in [9.17, 15) is 4.79 Å². The molecular formula is C14H26N2O. The molecule has 2 atom stereocenters. The summed E-state index contributed by atoms with van der Waals surface area (Å²) in [6, 6.07) is 0.579. The van der Waals surface area contributed by atoms with E-state index in [2.05, 4.69) is 31.0 Å². The van der Waals surface area contributed by atoms with Crippen LogP contribution in [-0.4, -0.2) is 29.6 Å². The Kier molecular flexibility index (Phi) is 3.76. The highest BCUT2D eigenvalue weighted by Gasteiger charge is 2.40. The van der Waals surface area contributed by atoms with Gasteiger partial charge in [-0.15, -0.1) is 0 Å². The van der Waals surface area contributed by atoms with Gasteiger partial charge in [-0.1, -0.05) is 33.6 Å². The molecule has 0 aromatic carbocycles. The summed E-state index contributed by atoms with van der Waals surface area (Å²) in [5, 5.41) is 3.37. The lowest BCUT2D eigenvalue weighted by atomic mass is 9.91. The summed E-state index contributed by atoms with van der Waals surface area (Å²) in [5.74, 6) is 0.348. The number of hydrogen-bond acceptors (Lipinski definition) is 2. The Hall–Kier alpha value is -0.570. The van der Waals surface area contributed by atoms with E-state index >= 15 is 0 Å². The summed E-state index contributed by atoms with van der Waals surface area (Å²) >= 11 is 0. The number of nitrogens with one attached hydrogen (secondary N) is 1. The van der Waals surface area contributed by atoms with Gasteiger partial charge in [0.1, 0.15) is 0 Å². The van der Waals surface area contributed by atoms with E-state index in [1.807, 2.05) is 0 Å². The summed E-state index contributed by atoms with van der Waals surface area (Å²) in [7, 11) is 0. The molecule has 1 aliphatic heterocycles. The first-order valence-electron chi connectivity index (χ1n) is 7.07. The summed E-state index contributed by atoms with van der Waals surface area (Å²) in [5.41, 5.74) is 0.423. The molecule has 3 heteroatoms. The quantitative estimate of drug-likeness (QED) is 0.816. The number of rotatable bonds is 4. The SMILES string of the molecule is CCCCC1NCN(C2CCC(C)(C)C2)C1=O. The van der Waals surface area contributed by atoms with Gasteiger partial charge in [0.05, 0.1) is 12.7 Å². The van der Waals surface area contributed by atoms with Crippen molar-refractivity contribution in [2.24, 2.45) is 5.41 Å². The molecule has 1 aliphatic carbocycles. The Morgan fingerprint density at radius 2 is 2.24 bits per heavy atom. The second-order valence-electron chi connectivity index (χ2n) is 6.43. The fourth-order valence-electron chi connectivity index (χ4n) is 3.18. The smallest absolute Gasteiger partial charge is 0.241 e. The van der Waals surface area contributed by atoms with Gasteiger partial charge in [-0.25, -0.2) is 0 Å². The third-order valence-corrected chi connectivity index (χ3v) is 4.32. The van der Waals surface area contributed by atoms with Gasteiger partial charge in [-0.2, -0.15) is 0 Å². The number of unbranched alkanes of at least 4 members (excludes halogenated alkanes) is 1. The first-order valence-corrected chi connectivity index (χ1v) is 7.07. The van der Waals surface area contributed by atoms with Gasteiger partial charge in [0.2, 0.25) is 5.91 Å². The number of amides is 1. The lowest BCUT2D eigenvalue weighted by molar-refractivity contribution is -0.131. The molecule has 2 fully saturated rings. The molecule has 0 aromatic rings. The fourth-order valence-corrected chi connectivity index (χ4v) is 3.18. The van der Waals surface area contributed by atoms with Crippen molar-refractivity contribution < 1.29 is 4.79 Å². The largest absolute Gasteiger partial charge is 0.326 e. The zero-order chi connectivity index (χ0) is 12.5. The maximum atomic E-state index is 12.3. The van der Waals surface area contributed by atoms with E-state index in [1.54, 1.807) is 0 Å². The molecule has 17 heavy (non-hydrogen) atoms. The third-order valence-electron chi connectivity index (χ3n) is 4.32. The minimum absolute atomic E-state index is 0.0960. The highest BCUT2D eigenvalue weighted by Crippen LogP contribution is 2.40. The Balaban J connectivity index is 1.89. The molecule has 0 radical (unpaired) electrons. The molecule has 0 spiro atoms. The van der Waals surface area contributed by atoms with Crippen LogP contribution in [0.5, 0.6) is 0 Å². The van der Waals surface area contributed by atoms with Crippen molar-refractivity contribution in [1.29, 1.82) is 0 Å². The monoisotopic (exact) mass is 238 g/mol. The van der Waals surface area contributed by atoms with Crippen LogP contribution in [0.25, 0.3) is 0 Å². The molecule has 98 valence electrons. The van der Waals surface area contributed by atoms with E-state index in [-0.39, 0.29) is 6.04 Å². The molecule has 0 aromatic heterocycles. The van der Waals surface area contributed by atoms with Crippen LogP contribution in [0.3, 0.4) is 0 Å². The third kappa shape index (κ3) is 2.82. The van der Waals surface area contributed by atoms with E-state index in [0.717, 1.165) is 19.5 Å². The molecule has 1 saturated carbocycles. The standard InChI is InChI=1S/C14H26N2O/c1-4-5-6-12-13(17)16(10-15-12)11-7-8-14(2,3)9-11/h11-12,15H,4-10H2,1-3H3. The van der Waals surface area contributed by atoms with Crippen LogP contribution in [0.15, 0.2) is 0 Å². The normalized spacial score (nSPS) is 32.4. The van der Waals surface area contributed by atoms with Gasteiger partial charge in [0.25, 0.3) is 0 Å². The molecule has 3 nitrogen and oxygen atoms in total. The maximum absolute atomic E-state index is 12.3. The highest BCUT2D eigenvalue weighted by atomic mass is 16.2. The van der Waals surface area contributed by atoms with Crippen LogP contribution in [0.1, 0.15) is 59.3 Å². The minimum atomic E-state index is 0.0960. The molecule has 0 bridgehead atoms. The lowest BCUT2D eigenvalue weighted by Crippen LogP contribution is -2.37. The van der Waals surface area contributed by atoms with Gasteiger partial charge in [-0.3, -0.25) is 10.1 Å². The van der Waals surface area contributed by atoms with Crippen LogP contribution >= 0.6 is 0 Å². The van der Waals surface area contributed by atoms with Crippen LogP contribution < -0.4 is 5.32 Å². The Morgan fingerprint density at radius 1 is 1.47 bits per heavy atom. The van der Waals surface area contributed by atoms with Gasteiger partial charge >= 0.3 is 0 Å². The topological polar surface area (TPSA) is 32.3 Å². The summed E-state index contributed by atoms with van der Waals surface area (Å²) in [6.45, 7) is 7.58. The lowest BCUT2D eigenvalue weighted by Gasteiger charge is -2.25. The van der Waals surface area contributed by atoms with Gasteiger partial charge in [0.15, 0.2) is 0 Å². The van der Waals surface area contributed by atoms with Crippen molar-refractivity contribution in [3.8, 4) is 0 Å². The van der Waals surface area contributed by atoms with Crippen molar-refractivity contribution in [2.45, 2.75) is 71.4 Å². The van der Waals surface area contributed by atoms with Crippen LogP contribution in [-0.2, 0) is 4.79 Å². The average Bonchev–Trinajstić information content (AvgIpc) is 2.79. The van der Waals surface area contributed by atoms with Gasteiger partial charge < -0.3 is 4.90 Å². The molecule has 1 heterocycles. The first-order chi connectivity index (χ1) is 8.03. The summed E-state index contributed by atoms with van der Waals surface area (Å²) in [6.07, 6.45) is 6.92. The fraction of sp³-hybridized carbons (Fsp3) is 0.929. The number of carbonyl (C=O) groups excluding carboxylic acids is 1. The van der Waals surface area contributed by atoms with Crippen LogP contribution in [0.2, 0.25) is 0 Å². The Bertz CT molecular complexity index is 288. The molecule has 1 N–H and O–H groups in total. The zero-order valence-corrected chi connectivity index (χ0v) is 11.5. The summed E-state index contributed by atoms with van der Waals surface area (Å²) < 4.78 is 0. The number of hydrogen-bond donors (Lipinski definition) is 1. The molecular weight excluding hydrogens is 212 g/mol. The minimum Gasteiger partial charge on any atom is -0.326 e. The van der Waals surface area contributed by atoms with E-state index in [0.29, 0.717) is 17.4 Å². The average molecular weight is 238 g/mol. The van der Waals surface area contributed by atoms with E-state index in [4.69, 9.17) is 0 Å². The molecule has 2 aliphatic rings. The Labute approximate surface area is 105 Å². The predicted octanol–water partition coefficient (Wildman–Crippen LogP) is 2.51. The molecule has 2 unspecified atom stereocenters. The van der Waals surface area contributed by atoms with E-state index < -0.39 is 0 Å². The van der Waals surface area contributed by atoms with Gasteiger partial charge in [-0.05, 0) is 31.1 Å². The van der Waals surface area contributed by atoms with Crippen molar-refractivity contribution in [3.63, 3.8) is 0 Å². The van der Waals surface area contributed by atoms with Crippen molar-refractivity contribution in [2.75, 3.05) is 6.67 Å². The maximum Gasteiger partial charge on any atom is 0.241 e. The highest BCUT2D eigenvalue weighted by molar-refractivity contribution is 5.84. The van der Waals surface area contributed by atoms with Crippen LogP contribution in [0, 0.1) is 5.41 Å².